The molecule has 1 aromatic heterocycles. The maximum atomic E-state index is 4.58. The molecule has 0 saturated heterocycles. The number of aromatic nitrogens is 2. The molecule has 1 saturated carbocycles. The lowest BCUT2D eigenvalue weighted by atomic mass is 9.93. The van der Waals surface area contributed by atoms with Gasteiger partial charge in [0.05, 0.1) is 11.7 Å². The second-order valence-electron chi connectivity index (χ2n) is 5.30. The van der Waals surface area contributed by atoms with Gasteiger partial charge in [-0.05, 0) is 37.3 Å². The molecule has 17 heavy (non-hydrogen) atoms. The molecule has 0 spiro atoms. The fourth-order valence-corrected chi connectivity index (χ4v) is 3.12. The zero-order valence-corrected chi connectivity index (χ0v) is 11.3. The molecule has 3 nitrogen and oxygen atoms in total. The van der Waals surface area contributed by atoms with Crippen molar-refractivity contribution in [3.05, 3.63) is 18.0 Å². The van der Waals surface area contributed by atoms with Gasteiger partial charge in [0.2, 0.25) is 0 Å². The topological polar surface area (TPSA) is 29.9 Å². The third-order valence-electron chi connectivity index (χ3n) is 4.11. The Bertz CT molecular complexity index is 345. The maximum Gasteiger partial charge on any atom is 0.0796 e. The second-order valence-corrected chi connectivity index (χ2v) is 5.30. The van der Waals surface area contributed by atoms with Crippen molar-refractivity contribution >= 4 is 0 Å². The van der Waals surface area contributed by atoms with E-state index in [1.807, 2.05) is 17.9 Å². The first-order valence-corrected chi connectivity index (χ1v) is 6.97. The van der Waals surface area contributed by atoms with Crippen molar-refractivity contribution in [3.63, 3.8) is 0 Å². The van der Waals surface area contributed by atoms with Gasteiger partial charge in [0, 0.05) is 13.2 Å². The molecule has 1 aliphatic carbocycles. The molecule has 1 fully saturated rings. The Morgan fingerprint density at radius 1 is 1.47 bits per heavy atom. The molecule has 3 heteroatoms. The SMILES string of the molecule is CCNC(c1ccn(C)n1)C1CCC(CC)C1. The Balaban J connectivity index is 2.07. The van der Waals surface area contributed by atoms with Gasteiger partial charge in [-0.1, -0.05) is 26.7 Å². The zero-order chi connectivity index (χ0) is 12.3. The van der Waals surface area contributed by atoms with Crippen molar-refractivity contribution in [3.8, 4) is 0 Å². The Morgan fingerprint density at radius 3 is 2.82 bits per heavy atom. The second kappa shape index (κ2) is 5.67. The number of nitrogens with zero attached hydrogens (tertiary/aromatic N) is 2. The van der Waals surface area contributed by atoms with Gasteiger partial charge in [0.1, 0.15) is 0 Å². The minimum atomic E-state index is 0.456. The van der Waals surface area contributed by atoms with Crippen LogP contribution in [0.1, 0.15) is 51.3 Å². The molecule has 96 valence electrons. The molecular formula is C14H25N3. The first-order valence-electron chi connectivity index (χ1n) is 6.97. The van der Waals surface area contributed by atoms with Crippen molar-refractivity contribution in [1.29, 1.82) is 0 Å². The van der Waals surface area contributed by atoms with Crippen LogP contribution in [0.25, 0.3) is 0 Å². The summed E-state index contributed by atoms with van der Waals surface area (Å²) in [6, 6.07) is 2.62. The quantitative estimate of drug-likeness (QED) is 0.850. The van der Waals surface area contributed by atoms with E-state index in [1.54, 1.807) is 0 Å². The molecule has 3 atom stereocenters. The fraction of sp³-hybridized carbons (Fsp3) is 0.786. The Kier molecular flexibility index (Phi) is 4.21. The molecular weight excluding hydrogens is 210 g/mol. The summed E-state index contributed by atoms with van der Waals surface area (Å²) in [5.74, 6) is 1.71. The predicted molar refractivity (Wildman–Crippen MR) is 70.7 cm³/mol. The van der Waals surface area contributed by atoms with Crippen LogP contribution >= 0.6 is 0 Å². The summed E-state index contributed by atoms with van der Waals surface area (Å²) in [7, 11) is 2.00. The fourth-order valence-electron chi connectivity index (χ4n) is 3.12. The summed E-state index contributed by atoms with van der Waals surface area (Å²) in [5.41, 5.74) is 1.22. The standard InChI is InChI=1S/C14H25N3/c1-4-11-6-7-12(10-11)14(15-5-2)13-8-9-17(3)16-13/h8-9,11-12,14-15H,4-7,10H2,1-3H3. The van der Waals surface area contributed by atoms with E-state index in [4.69, 9.17) is 0 Å². The molecule has 1 aromatic rings. The van der Waals surface area contributed by atoms with Crippen LogP contribution in [0.2, 0.25) is 0 Å². The molecule has 0 radical (unpaired) electrons. The Morgan fingerprint density at radius 2 is 2.29 bits per heavy atom. The zero-order valence-electron chi connectivity index (χ0n) is 11.3. The third kappa shape index (κ3) is 2.89. The summed E-state index contributed by atoms with van der Waals surface area (Å²) >= 11 is 0. The maximum absolute atomic E-state index is 4.58. The van der Waals surface area contributed by atoms with Crippen LogP contribution in [0.5, 0.6) is 0 Å². The van der Waals surface area contributed by atoms with Crippen LogP contribution in [0.15, 0.2) is 12.3 Å². The molecule has 1 aliphatic rings. The van der Waals surface area contributed by atoms with E-state index >= 15 is 0 Å². The summed E-state index contributed by atoms with van der Waals surface area (Å²) in [4.78, 5) is 0. The average Bonchev–Trinajstić information content (AvgIpc) is 2.94. The normalized spacial score (nSPS) is 26.3. The first-order chi connectivity index (χ1) is 8.24. The van der Waals surface area contributed by atoms with E-state index in [0.717, 1.165) is 18.4 Å². The van der Waals surface area contributed by atoms with Crippen LogP contribution < -0.4 is 5.32 Å². The highest BCUT2D eigenvalue weighted by molar-refractivity contribution is 5.08. The number of aryl methyl sites for hydroxylation is 1. The molecule has 0 bridgehead atoms. The Hall–Kier alpha value is -0.830. The van der Waals surface area contributed by atoms with Crippen molar-refractivity contribution in [2.75, 3.05) is 6.54 Å². The Labute approximate surface area is 105 Å². The molecule has 1 N–H and O–H groups in total. The van der Waals surface area contributed by atoms with Crippen molar-refractivity contribution in [1.82, 2.24) is 15.1 Å². The summed E-state index contributed by atoms with van der Waals surface area (Å²) in [6.45, 7) is 5.52. The van der Waals surface area contributed by atoms with Gasteiger partial charge in [-0.15, -0.1) is 0 Å². The van der Waals surface area contributed by atoms with E-state index in [-0.39, 0.29) is 0 Å². The largest absolute Gasteiger partial charge is 0.309 e. The molecule has 0 amide bonds. The lowest BCUT2D eigenvalue weighted by Crippen LogP contribution is -2.27. The average molecular weight is 235 g/mol. The van der Waals surface area contributed by atoms with Gasteiger partial charge in [-0.25, -0.2) is 0 Å². The van der Waals surface area contributed by atoms with Crippen LogP contribution in [-0.4, -0.2) is 16.3 Å². The summed E-state index contributed by atoms with van der Waals surface area (Å²) < 4.78 is 1.91. The van der Waals surface area contributed by atoms with Crippen LogP contribution in [0, 0.1) is 11.8 Å². The minimum Gasteiger partial charge on any atom is -0.309 e. The van der Waals surface area contributed by atoms with Crippen LogP contribution in [0.4, 0.5) is 0 Å². The molecule has 2 rings (SSSR count). The predicted octanol–water partition coefficient (Wildman–Crippen LogP) is 2.90. The van der Waals surface area contributed by atoms with Gasteiger partial charge in [0.15, 0.2) is 0 Å². The highest BCUT2D eigenvalue weighted by Gasteiger charge is 2.31. The third-order valence-corrected chi connectivity index (χ3v) is 4.11. The number of hydrogen-bond donors (Lipinski definition) is 1. The lowest BCUT2D eigenvalue weighted by molar-refractivity contribution is 0.351. The van der Waals surface area contributed by atoms with Crippen molar-refractivity contribution in [2.45, 2.75) is 45.6 Å². The van der Waals surface area contributed by atoms with E-state index < -0.39 is 0 Å². The van der Waals surface area contributed by atoms with Crippen molar-refractivity contribution < 1.29 is 0 Å². The summed E-state index contributed by atoms with van der Waals surface area (Å²) in [6.07, 6.45) is 7.50. The van der Waals surface area contributed by atoms with Gasteiger partial charge >= 0.3 is 0 Å². The molecule has 0 aromatic carbocycles. The monoisotopic (exact) mass is 235 g/mol. The minimum absolute atomic E-state index is 0.456. The number of hydrogen-bond acceptors (Lipinski definition) is 2. The molecule has 3 unspecified atom stereocenters. The summed E-state index contributed by atoms with van der Waals surface area (Å²) in [5, 5.41) is 8.20. The number of rotatable bonds is 5. The van der Waals surface area contributed by atoms with Crippen LogP contribution in [-0.2, 0) is 7.05 Å². The number of nitrogens with one attached hydrogen (secondary N) is 1. The van der Waals surface area contributed by atoms with Crippen molar-refractivity contribution in [2.24, 2.45) is 18.9 Å². The highest BCUT2D eigenvalue weighted by atomic mass is 15.3. The highest BCUT2D eigenvalue weighted by Crippen LogP contribution is 2.39. The van der Waals surface area contributed by atoms with E-state index in [2.05, 4.69) is 30.3 Å². The van der Waals surface area contributed by atoms with Gasteiger partial charge in [0.25, 0.3) is 0 Å². The molecule has 0 aliphatic heterocycles. The van der Waals surface area contributed by atoms with Gasteiger partial charge in [-0.3, -0.25) is 4.68 Å². The van der Waals surface area contributed by atoms with Gasteiger partial charge < -0.3 is 5.32 Å². The van der Waals surface area contributed by atoms with Gasteiger partial charge in [-0.2, -0.15) is 5.10 Å². The smallest absolute Gasteiger partial charge is 0.0796 e. The van der Waals surface area contributed by atoms with E-state index in [1.165, 1.54) is 31.4 Å². The van der Waals surface area contributed by atoms with E-state index in [0.29, 0.717) is 6.04 Å². The van der Waals surface area contributed by atoms with Crippen LogP contribution in [0.3, 0.4) is 0 Å². The van der Waals surface area contributed by atoms with E-state index in [9.17, 15) is 0 Å². The first kappa shape index (κ1) is 12.6. The molecule has 1 heterocycles. The lowest BCUT2D eigenvalue weighted by Gasteiger charge is -2.23.